The first-order valence-electron chi connectivity index (χ1n) is 7.48. The molecule has 1 aromatic rings. The van der Waals surface area contributed by atoms with E-state index in [1.54, 1.807) is 0 Å². The highest BCUT2D eigenvalue weighted by Gasteiger charge is 2.16. The predicted molar refractivity (Wildman–Crippen MR) is 86.3 cm³/mol. The van der Waals surface area contributed by atoms with Crippen LogP contribution in [0.3, 0.4) is 0 Å². The van der Waals surface area contributed by atoms with Gasteiger partial charge in [0.05, 0.1) is 12.5 Å². The molecule has 20 heavy (non-hydrogen) atoms. The third kappa shape index (κ3) is 7.54. The molecule has 0 aliphatic carbocycles. The molecule has 1 atom stereocenters. The number of halogens is 1. The second-order valence-electron chi connectivity index (χ2n) is 5.00. The molecule has 1 rings (SSSR count). The molecule has 0 aliphatic rings. The maximum absolute atomic E-state index is 11.9. The van der Waals surface area contributed by atoms with Crippen LogP contribution in [-0.2, 0) is 16.0 Å². The number of carbonyl (C=O) groups is 1. The highest BCUT2D eigenvalue weighted by molar-refractivity contribution is 5.85. The van der Waals surface area contributed by atoms with E-state index in [-0.39, 0.29) is 24.3 Å². The van der Waals surface area contributed by atoms with E-state index in [4.69, 9.17) is 4.74 Å². The fraction of sp³-hybridized carbons (Fsp3) is 0.588. The van der Waals surface area contributed by atoms with Crippen LogP contribution < -0.4 is 0 Å². The summed E-state index contributed by atoms with van der Waals surface area (Å²) < 4.78 is 5.37. The van der Waals surface area contributed by atoms with Gasteiger partial charge in [0.1, 0.15) is 0 Å². The molecule has 0 N–H and O–H groups in total. The number of rotatable bonds is 9. The molecule has 0 saturated carbocycles. The van der Waals surface area contributed by atoms with Gasteiger partial charge < -0.3 is 4.74 Å². The van der Waals surface area contributed by atoms with Crippen LogP contribution in [0.1, 0.15) is 51.5 Å². The molecule has 1 unspecified atom stereocenters. The van der Waals surface area contributed by atoms with Crippen LogP contribution in [0.4, 0.5) is 0 Å². The van der Waals surface area contributed by atoms with Crippen LogP contribution >= 0.6 is 12.4 Å². The minimum absolute atomic E-state index is 0. The lowest BCUT2D eigenvalue weighted by Gasteiger charge is -2.13. The van der Waals surface area contributed by atoms with Gasteiger partial charge in [0.15, 0.2) is 0 Å². The van der Waals surface area contributed by atoms with Gasteiger partial charge in [0, 0.05) is 0 Å². The molecule has 1 aromatic carbocycles. The second kappa shape index (κ2) is 11.8. The maximum atomic E-state index is 11.9. The predicted octanol–water partition coefficient (Wildman–Crippen LogP) is 4.80. The zero-order valence-electron chi connectivity index (χ0n) is 12.6. The fourth-order valence-corrected chi connectivity index (χ4v) is 2.15. The molecule has 0 aromatic heterocycles. The number of aryl methyl sites for hydroxylation is 1. The third-order valence-corrected chi connectivity index (χ3v) is 3.43. The Balaban J connectivity index is 0.00000361. The number of hydrogen-bond donors (Lipinski definition) is 0. The molecule has 0 bridgehead atoms. The normalized spacial score (nSPS) is 11.5. The first-order chi connectivity index (χ1) is 9.27. The van der Waals surface area contributed by atoms with E-state index >= 15 is 0 Å². The average molecular weight is 299 g/mol. The van der Waals surface area contributed by atoms with Gasteiger partial charge in [-0.05, 0) is 31.2 Å². The number of hydrogen-bond acceptors (Lipinski definition) is 2. The maximum Gasteiger partial charge on any atom is 0.308 e. The summed E-state index contributed by atoms with van der Waals surface area (Å²) in [6.07, 6.45) is 5.97. The van der Waals surface area contributed by atoms with Crippen molar-refractivity contribution in [2.45, 2.75) is 52.4 Å². The van der Waals surface area contributed by atoms with E-state index in [1.165, 1.54) is 5.56 Å². The van der Waals surface area contributed by atoms with Crippen LogP contribution in [0, 0.1) is 5.92 Å². The van der Waals surface area contributed by atoms with Crippen molar-refractivity contribution in [2.24, 2.45) is 5.92 Å². The molecular formula is C17H27ClO2. The van der Waals surface area contributed by atoms with E-state index in [0.29, 0.717) is 6.61 Å². The Kier molecular flexibility index (Phi) is 11.2. The largest absolute Gasteiger partial charge is 0.465 e. The molecule has 0 fully saturated rings. The minimum atomic E-state index is -0.0102. The molecule has 3 heteroatoms. The number of benzene rings is 1. The first kappa shape index (κ1) is 19.0. The molecule has 0 heterocycles. The monoisotopic (exact) mass is 298 g/mol. The molecule has 2 nitrogen and oxygen atoms in total. The molecular weight excluding hydrogens is 272 g/mol. The summed E-state index contributed by atoms with van der Waals surface area (Å²) in [4.78, 5) is 11.9. The zero-order valence-corrected chi connectivity index (χ0v) is 13.5. The van der Waals surface area contributed by atoms with Gasteiger partial charge in [-0.3, -0.25) is 4.79 Å². The lowest BCUT2D eigenvalue weighted by atomic mass is 10.00. The van der Waals surface area contributed by atoms with Crippen LogP contribution in [0.2, 0.25) is 0 Å². The fourth-order valence-electron chi connectivity index (χ4n) is 2.15. The Morgan fingerprint density at radius 3 is 2.45 bits per heavy atom. The van der Waals surface area contributed by atoms with Gasteiger partial charge in [0.2, 0.25) is 0 Å². The standard InChI is InChI=1S/C17H26O2.ClH/c1-3-5-13-16(4-2)17(18)19-14-9-12-15-10-7-6-8-11-15;/h6-8,10-11,16H,3-5,9,12-14H2,1-2H3;1H. The van der Waals surface area contributed by atoms with Gasteiger partial charge in [-0.2, -0.15) is 0 Å². The van der Waals surface area contributed by atoms with E-state index < -0.39 is 0 Å². The van der Waals surface area contributed by atoms with Crippen LogP contribution in [-0.4, -0.2) is 12.6 Å². The summed E-state index contributed by atoms with van der Waals surface area (Å²) in [5.74, 6) is 0.0840. The van der Waals surface area contributed by atoms with Crippen molar-refractivity contribution in [3.8, 4) is 0 Å². The Hall–Kier alpha value is -1.02. The van der Waals surface area contributed by atoms with Gasteiger partial charge in [0.25, 0.3) is 0 Å². The van der Waals surface area contributed by atoms with Crippen LogP contribution in [0.25, 0.3) is 0 Å². The lowest BCUT2D eigenvalue weighted by Crippen LogP contribution is -2.18. The Morgan fingerprint density at radius 1 is 1.15 bits per heavy atom. The zero-order chi connectivity index (χ0) is 13.9. The minimum Gasteiger partial charge on any atom is -0.465 e. The molecule has 0 amide bonds. The molecule has 0 radical (unpaired) electrons. The topological polar surface area (TPSA) is 26.3 Å². The second-order valence-corrected chi connectivity index (χ2v) is 5.00. The number of unbranched alkanes of at least 4 members (excludes halogenated alkanes) is 1. The number of ether oxygens (including phenoxy) is 1. The van der Waals surface area contributed by atoms with Crippen molar-refractivity contribution in [1.82, 2.24) is 0 Å². The Bertz CT molecular complexity index is 351. The Morgan fingerprint density at radius 2 is 1.85 bits per heavy atom. The van der Waals surface area contributed by atoms with Crippen molar-refractivity contribution >= 4 is 18.4 Å². The van der Waals surface area contributed by atoms with Crippen LogP contribution in [0.5, 0.6) is 0 Å². The van der Waals surface area contributed by atoms with Crippen molar-refractivity contribution in [2.75, 3.05) is 6.61 Å². The number of esters is 1. The third-order valence-electron chi connectivity index (χ3n) is 3.43. The van der Waals surface area contributed by atoms with Crippen molar-refractivity contribution in [1.29, 1.82) is 0 Å². The lowest BCUT2D eigenvalue weighted by molar-refractivity contribution is -0.149. The first-order valence-corrected chi connectivity index (χ1v) is 7.48. The van der Waals surface area contributed by atoms with Gasteiger partial charge >= 0.3 is 5.97 Å². The summed E-state index contributed by atoms with van der Waals surface area (Å²) in [6.45, 7) is 4.75. The SMILES string of the molecule is CCCCC(CC)C(=O)OCCCc1ccccc1.Cl. The average Bonchev–Trinajstić information content (AvgIpc) is 2.45. The summed E-state index contributed by atoms with van der Waals surface area (Å²) in [5, 5.41) is 0. The van der Waals surface area contributed by atoms with Gasteiger partial charge in [-0.15, -0.1) is 12.4 Å². The van der Waals surface area contributed by atoms with Crippen LogP contribution in [0.15, 0.2) is 30.3 Å². The highest BCUT2D eigenvalue weighted by Crippen LogP contribution is 2.14. The van der Waals surface area contributed by atoms with E-state index in [1.807, 2.05) is 18.2 Å². The smallest absolute Gasteiger partial charge is 0.308 e. The quantitative estimate of drug-likeness (QED) is 0.483. The summed E-state index contributed by atoms with van der Waals surface area (Å²) in [6, 6.07) is 10.3. The van der Waals surface area contributed by atoms with E-state index in [2.05, 4.69) is 26.0 Å². The summed E-state index contributed by atoms with van der Waals surface area (Å²) in [5.41, 5.74) is 1.30. The van der Waals surface area contributed by atoms with Gasteiger partial charge in [-0.25, -0.2) is 0 Å². The molecule has 0 spiro atoms. The van der Waals surface area contributed by atoms with Gasteiger partial charge in [-0.1, -0.05) is 57.0 Å². The Labute approximate surface area is 129 Å². The van der Waals surface area contributed by atoms with Crippen molar-refractivity contribution in [3.63, 3.8) is 0 Å². The van der Waals surface area contributed by atoms with E-state index in [9.17, 15) is 4.79 Å². The summed E-state index contributed by atoms with van der Waals surface area (Å²) >= 11 is 0. The van der Waals surface area contributed by atoms with Crippen molar-refractivity contribution in [3.05, 3.63) is 35.9 Å². The molecule has 0 aliphatic heterocycles. The highest BCUT2D eigenvalue weighted by atomic mass is 35.5. The van der Waals surface area contributed by atoms with E-state index in [0.717, 1.165) is 38.5 Å². The summed E-state index contributed by atoms with van der Waals surface area (Å²) in [7, 11) is 0. The number of carbonyl (C=O) groups excluding carboxylic acids is 1. The van der Waals surface area contributed by atoms with Crippen molar-refractivity contribution < 1.29 is 9.53 Å². The molecule has 114 valence electrons. The molecule has 0 saturated heterocycles.